The average molecular weight is 344 g/mol. The number of amides is 2. The van der Waals surface area contributed by atoms with Crippen molar-refractivity contribution in [2.75, 3.05) is 0 Å². The van der Waals surface area contributed by atoms with E-state index >= 15 is 0 Å². The number of hydrazine groups is 1. The lowest BCUT2D eigenvalue weighted by Crippen LogP contribution is -2.42. The molecule has 1 aromatic carbocycles. The molecule has 9 heteroatoms. The highest BCUT2D eigenvalue weighted by Gasteiger charge is 2.14. The second-order valence-corrected chi connectivity index (χ2v) is 4.97. The van der Waals surface area contributed by atoms with Crippen molar-refractivity contribution >= 4 is 11.8 Å². The molecule has 0 bridgehead atoms. The van der Waals surface area contributed by atoms with E-state index in [-0.39, 0.29) is 30.1 Å². The molecule has 3 rings (SSSR count). The Morgan fingerprint density at radius 2 is 1.96 bits per heavy atom. The van der Waals surface area contributed by atoms with E-state index in [1.165, 1.54) is 24.5 Å². The summed E-state index contributed by atoms with van der Waals surface area (Å²) in [6, 6.07) is 8.82. The lowest BCUT2D eigenvalue weighted by Gasteiger charge is -2.07. The summed E-state index contributed by atoms with van der Waals surface area (Å²) < 4.78 is 23.6. The van der Waals surface area contributed by atoms with Gasteiger partial charge in [0.25, 0.3) is 5.91 Å². The molecule has 0 atom stereocenters. The third kappa shape index (κ3) is 4.08. The number of aryl methyl sites for hydroxylation is 1. The topological polar surface area (TPSA) is 110 Å². The zero-order valence-corrected chi connectivity index (χ0v) is 12.9. The minimum absolute atomic E-state index is 0.00264. The van der Waals surface area contributed by atoms with Crippen LogP contribution in [0.1, 0.15) is 22.7 Å². The van der Waals surface area contributed by atoms with E-state index in [1.54, 1.807) is 12.1 Å². The molecule has 0 saturated heterocycles. The summed E-state index contributed by atoms with van der Waals surface area (Å²) in [5.41, 5.74) is 4.18. The minimum atomic E-state index is -0.746. The lowest BCUT2D eigenvalue weighted by molar-refractivity contribution is -0.121. The van der Waals surface area contributed by atoms with Crippen molar-refractivity contribution in [2.45, 2.75) is 12.8 Å². The van der Waals surface area contributed by atoms with Crippen LogP contribution in [0, 0.1) is 5.82 Å². The summed E-state index contributed by atoms with van der Waals surface area (Å²) in [4.78, 5) is 27.6. The highest BCUT2D eigenvalue weighted by Crippen LogP contribution is 2.16. The number of hydrogen-bond acceptors (Lipinski definition) is 6. The Kier molecular flexibility index (Phi) is 4.84. The number of carbonyl (C=O) groups is 2. The van der Waals surface area contributed by atoms with Crippen molar-refractivity contribution in [2.24, 2.45) is 0 Å². The fraction of sp³-hybridized carbons (Fsp3) is 0.125. The SMILES string of the molecule is O=C(CCc1nc(-c2ccco2)no1)NNC(=O)c1ccccc1F. The van der Waals surface area contributed by atoms with Gasteiger partial charge in [-0.2, -0.15) is 4.98 Å². The van der Waals surface area contributed by atoms with E-state index in [0.717, 1.165) is 6.07 Å². The number of benzene rings is 1. The van der Waals surface area contributed by atoms with Crippen molar-refractivity contribution in [1.29, 1.82) is 0 Å². The Bertz CT molecular complexity index is 876. The number of halogens is 1. The smallest absolute Gasteiger partial charge is 0.272 e. The molecule has 0 saturated carbocycles. The highest BCUT2D eigenvalue weighted by molar-refractivity contribution is 5.95. The predicted molar refractivity (Wildman–Crippen MR) is 82.3 cm³/mol. The Morgan fingerprint density at radius 3 is 2.72 bits per heavy atom. The third-order valence-corrected chi connectivity index (χ3v) is 3.21. The average Bonchev–Trinajstić information content (AvgIpc) is 3.29. The summed E-state index contributed by atoms with van der Waals surface area (Å²) >= 11 is 0. The van der Waals surface area contributed by atoms with Crippen molar-refractivity contribution in [1.82, 2.24) is 21.0 Å². The standard InChI is InChI=1S/C16H13FN4O4/c17-11-5-2-1-4-10(11)16(23)20-19-13(22)7-8-14-18-15(21-25-14)12-6-3-9-24-12/h1-6,9H,7-8H2,(H,19,22)(H,20,23). The zero-order valence-electron chi connectivity index (χ0n) is 12.9. The van der Waals surface area contributed by atoms with E-state index < -0.39 is 17.6 Å². The minimum Gasteiger partial charge on any atom is -0.461 e. The molecule has 3 aromatic rings. The van der Waals surface area contributed by atoms with E-state index in [0.29, 0.717) is 5.76 Å². The van der Waals surface area contributed by atoms with Gasteiger partial charge in [-0.3, -0.25) is 20.4 Å². The van der Waals surface area contributed by atoms with Crippen LogP contribution in [0.2, 0.25) is 0 Å². The van der Waals surface area contributed by atoms with Crippen LogP contribution in [0.15, 0.2) is 51.6 Å². The molecule has 25 heavy (non-hydrogen) atoms. The first kappa shape index (κ1) is 16.4. The van der Waals surface area contributed by atoms with Crippen molar-refractivity contribution in [3.8, 4) is 11.6 Å². The summed E-state index contributed by atoms with van der Waals surface area (Å²) in [5, 5.41) is 3.74. The van der Waals surface area contributed by atoms with E-state index in [2.05, 4.69) is 21.0 Å². The van der Waals surface area contributed by atoms with Gasteiger partial charge < -0.3 is 8.94 Å². The molecular weight excluding hydrogens is 331 g/mol. The second kappa shape index (κ2) is 7.39. The van der Waals surface area contributed by atoms with Crippen LogP contribution in [0.25, 0.3) is 11.6 Å². The molecule has 0 spiro atoms. The Hall–Kier alpha value is -3.49. The summed E-state index contributed by atoms with van der Waals surface area (Å²) in [7, 11) is 0. The van der Waals surface area contributed by atoms with Crippen molar-refractivity contribution < 1.29 is 22.9 Å². The molecule has 0 radical (unpaired) electrons. The molecular formula is C16H13FN4O4. The number of carbonyl (C=O) groups excluding carboxylic acids is 2. The quantitative estimate of drug-likeness (QED) is 0.684. The fourth-order valence-corrected chi connectivity index (χ4v) is 1.98. The number of nitrogens with zero attached hydrogens (tertiary/aromatic N) is 2. The molecule has 2 N–H and O–H groups in total. The van der Waals surface area contributed by atoms with E-state index in [4.69, 9.17) is 8.94 Å². The van der Waals surface area contributed by atoms with Crippen LogP contribution in [0.5, 0.6) is 0 Å². The monoisotopic (exact) mass is 344 g/mol. The largest absolute Gasteiger partial charge is 0.461 e. The molecule has 128 valence electrons. The maximum absolute atomic E-state index is 13.4. The highest BCUT2D eigenvalue weighted by atomic mass is 19.1. The second-order valence-electron chi connectivity index (χ2n) is 4.97. The van der Waals surface area contributed by atoms with Crippen molar-refractivity contribution in [3.05, 3.63) is 59.9 Å². The van der Waals surface area contributed by atoms with Crippen molar-refractivity contribution in [3.63, 3.8) is 0 Å². The van der Waals surface area contributed by atoms with Crippen LogP contribution in [0.4, 0.5) is 4.39 Å². The van der Waals surface area contributed by atoms with Crippen LogP contribution >= 0.6 is 0 Å². The first-order valence-corrected chi connectivity index (χ1v) is 7.33. The van der Waals surface area contributed by atoms with Gasteiger partial charge in [-0.25, -0.2) is 4.39 Å². The van der Waals surface area contributed by atoms with Crippen LogP contribution in [0.3, 0.4) is 0 Å². The lowest BCUT2D eigenvalue weighted by atomic mass is 10.2. The Labute approximate surface area is 141 Å². The van der Waals surface area contributed by atoms with Gasteiger partial charge in [0.15, 0.2) is 5.76 Å². The number of nitrogens with one attached hydrogen (secondary N) is 2. The molecule has 2 aromatic heterocycles. The molecule has 0 unspecified atom stereocenters. The molecule has 0 aliphatic rings. The van der Waals surface area contributed by atoms with Gasteiger partial charge in [-0.15, -0.1) is 0 Å². The number of rotatable bonds is 5. The van der Waals surface area contributed by atoms with Crippen LogP contribution in [-0.4, -0.2) is 22.0 Å². The van der Waals surface area contributed by atoms with Crippen LogP contribution in [-0.2, 0) is 11.2 Å². The van der Waals surface area contributed by atoms with Crippen LogP contribution < -0.4 is 10.9 Å². The van der Waals surface area contributed by atoms with Gasteiger partial charge in [0, 0.05) is 12.8 Å². The number of aromatic nitrogens is 2. The normalized spacial score (nSPS) is 10.4. The van der Waals surface area contributed by atoms with Gasteiger partial charge >= 0.3 is 0 Å². The summed E-state index contributed by atoms with van der Waals surface area (Å²) in [6.07, 6.45) is 1.66. The number of hydrogen-bond donors (Lipinski definition) is 2. The Morgan fingerprint density at radius 1 is 1.12 bits per heavy atom. The van der Waals surface area contributed by atoms with Gasteiger partial charge in [0.05, 0.1) is 11.8 Å². The van der Waals surface area contributed by atoms with Gasteiger partial charge in [-0.1, -0.05) is 17.3 Å². The molecule has 0 aliphatic heterocycles. The first-order chi connectivity index (χ1) is 12.1. The van der Waals surface area contributed by atoms with E-state index in [9.17, 15) is 14.0 Å². The number of furan rings is 1. The molecule has 8 nitrogen and oxygen atoms in total. The summed E-state index contributed by atoms with van der Waals surface area (Å²) in [6.45, 7) is 0. The maximum Gasteiger partial charge on any atom is 0.272 e. The molecule has 0 aliphatic carbocycles. The predicted octanol–water partition coefficient (Wildman–Crippen LogP) is 1.86. The van der Waals surface area contributed by atoms with Gasteiger partial charge in [0.1, 0.15) is 5.82 Å². The third-order valence-electron chi connectivity index (χ3n) is 3.21. The van der Waals surface area contributed by atoms with Gasteiger partial charge in [-0.05, 0) is 24.3 Å². The zero-order chi connectivity index (χ0) is 17.6. The molecule has 2 amide bonds. The fourth-order valence-electron chi connectivity index (χ4n) is 1.98. The van der Waals surface area contributed by atoms with Gasteiger partial charge in [0.2, 0.25) is 17.6 Å². The van der Waals surface area contributed by atoms with E-state index in [1.807, 2.05) is 0 Å². The molecule has 2 heterocycles. The summed E-state index contributed by atoms with van der Waals surface area (Å²) in [5.74, 6) is -0.913. The Balaban J connectivity index is 1.47. The molecule has 0 fully saturated rings. The maximum atomic E-state index is 13.4. The first-order valence-electron chi connectivity index (χ1n) is 7.33.